The molecule has 0 aromatic heterocycles. The second kappa shape index (κ2) is 5.44. The first-order valence-electron chi connectivity index (χ1n) is 5.83. The number of thioether (sulfide) groups is 1. The van der Waals surface area contributed by atoms with Crippen molar-refractivity contribution in [1.29, 1.82) is 0 Å². The minimum atomic E-state index is -0.535. The number of hydrogen-bond acceptors (Lipinski definition) is 4. The summed E-state index contributed by atoms with van der Waals surface area (Å²) in [5.41, 5.74) is 2.12. The highest BCUT2D eigenvalue weighted by Gasteiger charge is 2.27. The van der Waals surface area contributed by atoms with E-state index in [9.17, 15) is 9.59 Å². The van der Waals surface area contributed by atoms with Crippen LogP contribution in [0.2, 0.25) is 0 Å². The lowest BCUT2D eigenvalue weighted by atomic mass is 10.1. The van der Waals surface area contributed by atoms with Gasteiger partial charge in [0.15, 0.2) is 0 Å². The smallest absolute Gasteiger partial charge is 0.296 e. The summed E-state index contributed by atoms with van der Waals surface area (Å²) in [6.07, 6.45) is 3.20. The van der Waals surface area contributed by atoms with Crippen LogP contribution < -0.4 is 10.2 Å². The first-order valence-corrected chi connectivity index (χ1v) is 7.22. The quantitative estimate of drug-likeness (QED) is 0.653. The molecular formula is C13H16N2O2S. The van der Waals surface area contributed by atoms with E-state index in [2.05, 4.69) is 16.5 Å². The molecule has 1 aliphatic rings. The molecule has 1 heterocycles. The van der Waals surface area contributed by atoms with Crippen molar-refractivity contribution >= 4 is 34.8 Å². The van der Waals surface area contributed by atoms with Crippen LogP contribution in [-0.2, 0) is 4.79 Å². The van der Waals surface area contributed by atoms with Crippen LogP contribution in [0.5, 0.6) is 0 Å². The highest BCUT2D eigenvalue weighted by atomic mass is 32.2. The molecule has 0 fully saturated rings. The molecule has 4 nitrogen and oxygen atoms in total. The Morgan fingerprint density at radius 2 is 2.11 bits per heavy atom. The van der Waals surface area contributed by atoms with Gasteiger partial charge in [-0.2, -0.15) is 11.8 Å². The van der Waals surface area contributed by atoms with Crippen molar-refractivity contribution in [2.45, 2.75) is 6.42 Å². The van der Waals surface area contributed by atoms with Crippen LogP contribution in [0.3, 0.4) is 0 Å². The molecule has 0 saturated heterocycles. The van der Waals surface area contributed by atoms with Crippen LogP contribution in [-0.4, -0.2) is 37.3 Å². The van der Waals surface area contributed by atoms with Crippen molar-refractivity contribution < 1.29 is 9.59 Å². The van der Waals surface area contributed by atoms with E-state index in [0.717, 1.165) is 24.4 Å². The average Bonchev–Trinajstić information content (AvgIpc) is 2.65. The molecule has 1 amide bonds. The minimum absolute atomic E-state index is 0.443. The topological polar surface area (TPSA) is 49.4 Å². The number of Topliss-reactive ketones (excluding diaryl/α,β-unsaturated/α-hetero) is 1. The normalized spacial score (nSPS) is 13.4. The van der Waals surface area contributed by atoms with Gasteiger partial charge in [0.2, 0.25) is 0 Å². The van der Waals surface area contributed by atoms with E-state index in [1.807, 2.05) is 30.9 Å². The van der Waals surface area contributed by atoms with Crippen molar-refractivity contribution in [2.75, 3.05) is 35.8 Å². The third kappa shape index (κ3) is 2.51. The fourth-order valence-corrected chi connectivity index (χ4v) is 2.37. The predicted octanol–water partition coefficient (Wildman–Crippen LogP) is 2.01. The van der Waals surface area contributed by atoms with E-state index >= 15 is 0 Å². The van der Waals surface area contributed by atoms with E-state index in [-0.39, 0.29) is 0 Å². The molecule has 1 aliphatic heterocycles. The Labute approximate surface area is 111 Å². The summed E-state index contributed by atoms with van der Waals surface area (Å²) in [5.74, 6) is 0.151. The summed E-state index contributed by atoms with van der Waals surface area (Å²) in [6.45, 7) is 0.960. The Morgan fingerprint density at radius 3 is 2.83 bits per heavy atom. The van der Waals surface area contributed by atoms with Crippen LogP contribution in [0, 0.1) is 0 Å². The average molecular weight is 264 g/mol. The Balaban J connectivity index is 2.10. The second-order valence-corrected chi connectivity index (χ2v) is 5.27. The first-order chi connectivity index (χ1) is 8.63. The Hall–Kier alpha value is -1.49. The number of ketones is 1. The summed E-state index contributed by atoms with van der Waals surface area (Å²) < 4.78 is 0. The van der Waals surface area contributed by atoms with E-state index in [1.54, 1.807) is 6.07 Å². The fraction of sp³-hybridized carbons (Fsp3) is 0.385. The van der Waals surface area contributed by atoms with Crippen molar-refractivity contribution in [3.63, 3.8) is 0 Å². The zero-order valence-electron chi connectivity index (χ0n) is 10.5. The van der Waals surface area contributed by atoms with Crippen molar-refractivity contribution in [3.8, 4) is 0 Å². The molecule has 0 atom stereocenters. The molecule has 0 spiro atoms. The van der Waals surface area contributed by atoms with Gasteiger partial charge < -0.3 is 10.2 Å². The van der Waals surface area contributed by atoms with E-state index in [4.69, 9.17) is 0 Å². The molecule has 2 rings (SSSR count). The number of nitrogens with zero attached hydrogens (tertiary/aromatic N) is 1. The molecule has 5 heteroatoms. The number of carbonyl (C=O) groups excluding carboxylic acids is 2. The molecule has 0 unspecified atom stereocenters. The Kier molecular flexibility index (Phi) is 3.91. The number of benzene rings is 1. The van der Waals surface area contributed by atoms with Crippen LogP contribution in [0.1, 0.15) is 16.8 Å². The summed E-state index contributed by atoms with van der Waals surface area (Å²) in [7, 11) is 2.01. The molecule has 0 saturated carbocycles. The van der Waals surface area contributed by atoms with Gasteiger partial charge in [-0.3, -0.25) is 9.59 Å². The van der Waals surface area contributed by atoms with Gasteiger partial charge in [0, 0.05) is 19.3 Å². The maximum absolute atomic E-state index is 11.5. The molecule has 1 N–H and O–H groups in total. The van der Waals surface area contributed by atoms with Crippen LogP contribution >= 0.6 is 11.8 Å². The van der Waals surface area contributed by atoms with Crippen LogP contribution in [0.4, 0.5) is 11.4 Å². The zero-order valence-corrected chi connectivity index (χ0v) is 11.3. The summed E-state index contributed by atoms with van der Waals surface area (Å²) in [6, 6.07) is 5.46. The number of anilines is 2. The first kappa shape index (κ1) is 13.0. The Morgan fingerprint density at radius 1 is 1.33 bits per heavy atom. The number of hydrogen-bond donors (Lipinski definition) is 1. The van der Waals surface area contributed by atoms with E-state index in [0.29, 0.717) is 11.3 Å². The number of rotatable bonds is 5. The van der Waals surface area contributed by atoms with Gasteiger partial charge in [-0.05, 0) is 36.6 Å². The van der Waals surface area contributed by atoms with Gasteiger partial charge >= 0.3 is 0 Å². The number of nitrogens with one attached hydrogen (secondary N) is 1. The molecular weight excluding hydrogens is 248 g/mol. The summed E-state index contributed by atoms with van der Waals surface area (Å²) in [4.78, 5) is 24.8. The molecule has 1 aromatic rings. The van der Waals surface area contributed by atoms with Gasteiger partial charge in [-0.15, -0.1) is 0 Å². The van der Waals surface area contributed by atoms with Gasteiger partial charge in [-0.1, -0.05) is 0 Å². The van der Waals surface area contributed by atoms with Crippen LogP contribution in [0.25, 0.3) is 0 Å². The van der Waals surface area contributed by atoms with Crippen LogP contribution in [0.15, 0.2) is 18.2 Å². The maximum atomic E-state index is 11.5. The fourth-order valence-electron chi connectivity index (χ4n) is 1.95. The van der Waals surface area contributed by atoms with Gasteiger partial charge in [0.05, 0.1) is 11.3 Å². The molecule has 1 aromatic carbocycles. The standard InChI is InChI=1S/C13H16N2O2S/c1-15(6-3-7-18-2)9-4-5-10-11(8-9)14-13(17)12(10)16/h4-5,8H,3,6-7H2,1-2H3,(H,14,16,17). The lowest BCUT2D eigenvalue weighted by Gasteiger charge is -2.19. The number of amides is 1. The number of carbonyl (C=O) groups is 2. The predicted molar refractivity (Wildman–Crippen MR) is 75.7 cm³/mol. The SMILES string of the molecule is CSCCCN(C)c1ccc2c(c1)NC(=O)C2=O. The van der Waals surface area contributed by atoms with Gasteiger partial charge in [0.1, 0.15) is 0 Å². The third-order valence-corrected chi connectivity index (χ3v) is 3.68. The lowest BCUT2D eigenvalue weighted by molar-refractivity contribution is -0.112. The maximum Gasteiger partial charge on any atom is 0.296 e. The van der Waals surface area contributed by atoms with Crippen molar-refractivity contribution in [1.82, 2.24) is 0 Å². The van der Waals surface area contributed by atoms with Crippen molar-refractivity contribution in [2.24, 2.45) is 0 Å². The van der Waals surface area contributed by atoms with Gasteiger partial charge in [-0.25, -0.2) is 0 Å². The molecule has 0 bridgehead atoms. The van der Waals surface area contributed by atoms with Crippen molar-refractivity contribution in [3.05, 3.63) is 23.8 Å². The molecule has 18 heavy (non-hydrogen) atoms. The van der Waals surface area contributed by atoms with E-state index < -0.39 is 11.7 Å². The largest absolute Gasteiger partial charge is 0.375 e. The number of fused-ring (bicyclic) bond motifs is 1. The third-order valence-electron chi connectivity index (χ3n) is 2.98. The highest BCUT2D eigenvalue weighted by molar-refractivity contribution is 7.98. The molecule has 0 radical (unpaired) electrons. The minimum Gasteiger partial charge on any atom is -0.375 e. The summed E-state index contributed by atoms with van der Waals surface area (Å²) in [5, 5.41) is 2.59. The second-order valence-electron chi connectivity index (χ2n) is 4.28. The lowest BCUT2D eigenvalue weighted by Crippen LogP contribution is -2.19. The summed E-state index contributed by atoms with van der Waals surface area (Å²) >= 11 is 1.83. The van der Waals surface area contributed by atoms with Gasteiger partial charge in [0.25, 0.3) is 11.7 Å². The monoisotopic (exact) mass is 264 g/mol. The van der Waals surface area contributed by atoms with E-state index in [1.165, 1.54) is 0 Å². The zero-order chi connectivity index (χ0) is 13.1. The highest BCUT2D eigenvalue weighted by Crippen LogP contribution is 2.27. The Bertz CT molecular complexity index is 488. The molecule has 0 aliphatic carbocycles. The molecule has 96 valence electrons.